The fourth-order valence-electron chi connectivity index (χ4n) is 1.48. The van der Waals surface area contributed by atoms with Gasteiger partial charge in [-0.3, -0.25) is 4.79 Å². The molecule has 0 aliphatic heterocycles. The van der Waals surface area contributed by atoms with Crippen molar-refractivity contribution in [2.45, 2.75) is 0 Å². The van der Waals surface area contributed by atoms with Crippen molar-refractivity contribution in [3.63, 3.8) is 0 Å². The van der Waals surface area contributed by atoms with Crippen LogP contribution in [0, 0.1) is 0 Å². The fraction of sp³-hybridized carbons (Fsp3) is 0.0714. The monoisotopic (exact) mass is 262 g/mol. The molecule has 0 N–H and O–H groups in total. The minimum Gasteiger partial charge on any atom is -0.497 e. The summed E-state index contributed by atoms with van der Waals surface area (Å²) in [6.45, 7) is 0. The van der Waals surface area contributed by atoms with Crippen LogP contribution in [0.2, 0.25) is 5.02 Å². The number of ether oxygens (including phenoxy) is 2. The van der Waals surface area contributed by atoms with E-state index in [0.29, 0.717) is 27.8 Å². The number of methoxy groups -OCH3 is 1. The van der Waals surface area contributed by atoms with Gasteiger partial charge in [0, 0.05) is 11.1 Å². The molecule has 2 aromatic rings. The molecule has 2 aromatic carbocycles. The van der Waals surface area contributed by atoms with Gasteiger partial charge in [-0.15, -0.1) is 0 Å². The molecule has 2 rings (SSSR count). The highest BCUT2D eigenvalue weighted by Gasteiger charge is 2.06. The molecular weight excluding hydrogens is 252 g/mol. The van der Waals surface area contributed by atoms with Gasteiger partial charge in [-0.1, -0.05) is 17.7 Å². The Balaban J connectivity index is 2.35. The van der Waals surface area contributed by atoms with E-state index in [1.54, 1.807) is 49.6 Å². The van der Waals surface area contributed by atoms with Gasteiger partial charge in [-0.2, -0.15) is 0 Å². The number of rotatable bonds is 4. The Morgan fingerprint density at radius 3 is 2.61 bits per heavy atom. The van der Waals surface area contributed by atoms with E-state index in [1.807, 2.05) is 0 Å². The highest BCUT2D eigenvalue weighted by Crippen LogP contribution is 2.29. The van der Waals surface area contributed by atoms with Crippen molar-refractivity contribution in [3.05, 3.63) is 53.1 Å². The molecule has 3 nitrogen and oxygen atoms in total. The van der Waals surface area contributed by atoms with Crippen LogP contribution >= 0.6 is 11.6 Å². The Morgan fingerprint density at radius 1 is 1.11 bits per heavy atom. The SMILES string of the molecule is COc1ccc(C=O)c(Oc2cccc(Cl)c2)c1. The predicted octanol–water partition coefficient (Wildman–Crippen LogP) is 3.95. The molecule has 0 aliphatic carbocycles. The second-order valence-corrected chi connectivity index (χ2v) is 4.02. The molecule has 0 radical (unpaired) electrons. The zero-order chi connectivity index (χ0) is 13.0. The summed E-state index contributed by atoms with van der Waals surface area (Å²) in [5.74, 6) is 1.63. The number of carbonyl (C=O) groups is 1. The zero-order valence-corrected chi connectivity index (χ0v) is 10.5. The number of hydrogen-bond donors (Lipinski definition) is 0. The van der Waals surface area contributed by atoms with Crippen LogP contribution in [0.15, 0.2) is 42.5 Å². The lowest BCUT2D eigenvalue weighted by molar-refractivity contribution is 0.112. The van der Waals surface area contributed by atoms with Gasteiger partial charge in [0.25, 0.3) is 0 Å². The van der Waals surface area contributed by atoms with Gasteiger partial charge in [-0.05, 0) is 30.3 Å². The van der Waals surface area contributed by atoms with Crippen molar-refractivity contribution in [2.75, 3.05) is 7.11 Å². The first-order valence-electron chi connectivity index (χ1n) is 5.29. The molecule has 0 heterocycles. The topological polar surface area (TPSA) is 35.5 Å². The average molecular weight is 263 g/mol. The summed E-state index contributed by atoms with van der Waals surface area (Å²) in [5, 5.41) is 0.572. The molecule has 18 heavy (non-hydrogen) atoms. The number of hydrogen-bond acceptors (Lipinski definition) is 3. The lowest BCUT2D eigenvalue weighted by Gasteiger charge is -2.09. The van der Waals surface area contributed by atoms with E-state index in [2.05, 4.69) is 0 Å². The first-order chi connectivity index (χ1) is 8.72. The third-order valence-electron chi connectivity index (χ3n) is 2.37. The number of benzene rings is 2. The summed E-state index contributed by atoms with van der Waals surface area (Å²) >= 11 is 5.87. The molecule has 0 atom stereocenters. The van der Waals surface area contributed by atoms with Crippen molar-refractivity contribution < 1.29 is 14.3 Å². The molecule has 92 valence electrons. The molecule has 0 unspecified atom stereocenters. The maximum Gasteiger partial charge on any atom is 0.153 e. The van der Waals surface area contributed by atoms with Crippen molar-refractivity contribution in [1.82, 2.24) is 0 Å². The Labute approximate surface area is 110 Å². The second-order valence-electron chi connectivity index (χ2n) is 3.58. The summed E-state index contributed by atoms with van der Waals surface area (Å²) in [5.41, 5.74) is 0.454. The van der Waals surface area contributed by atoms with Crippen molar-refractivity contribution in [2.24, 2.45) is 0 Å². The number of aldehydes is 1. The molecule has 0 fully saturated rings. The van der Waals surface area contributed by atoms with Crippen LogP contribution in [-0.2, 0) is 0 Å². The predicted molar refractivity (Wildman–Crippen MR) is 69.9 cm³/mol. The van der Waals surface area contributed by atoms with E-state index in [0.717, 1.165) is 6.29 Å². The summed E-state index contributed by atoms with van der Waals surface area (Å²) in [6, 6.07) is 12.0. The van der Waals surface area contributed by atoms with E-state index in [1.165, 1.54) is 0 Å². The van der Waals surface area contributed by atoms with Gasteiger partial charge in [0.05, 0.1) is 12.7 Å². The maximum absolute atomic E-state index is 10.9. The van der Waals surface area contributed by atoms with Crippen LogP contribution in [0.25, 0.3) is 0 Å². The molecule has 0 amide bonds. The van der Waals surface area contributed by atoms with Crippen LogP contribution in [-0.4, -0.2) is 13.4 Å². The summed E-state index contributed by atoms with van der Waals surface area (Å²) in [6.07, 6.45) is 0.735. The molecule has 0 bridgehead atoms. The quantitative estimate of drug-likeness (QED) is 0.783. The molecule has 0 aromatic heterocycles. The van der Waals surface area contributed by atoms with Gasteiger partial charge in [0.1, 0.15) is 17.2 Å². The normalized spacial score (nSPS) is 9.89. The largest absolute Gasteiger partial charge is 0.497 e. The lowest BCUT2D eigenvalue weighted by atomic mass is 10.2. The lowest BCUT2D eigenvalue weighted by Crippen LogP contribution is -1.92. The molecular formula is C14H11ClO3. The van der Waals surface area contributed by atoms with E-state index in [4.69, 9.17) is 21.1 Å². The molecule has 4 heteroatoms. The fourth-order valence-corrected chi connectivity index (χ4v) is 1.67. The highest BCUT2D eigenvalue weighted by molar-refractivity contribution is 6.30. The third-order valence-corrected chi connectivity index (χ3v) is 2.61. The van der Waals surface area contributed by atoms with E-state index in [-0.39, 0.29) is 0 Å². The van der Waals surface area contributed by atoms with Gasteiger partial charge < -0.3 is 9.47 Å². The van der Waals surface area contributed by atoms with Gasteiger partial charge in [-0.25, -0.2) is 0 Å². The number of carbonyl (C=O) groups excluding carboxylic acids is 1. The van der Waals surface area contributed by atoms with Gasteiger partial charge in [0.2, 0.25) is 0 Å². The Bertz CT molecular complexity index is 567. The minimum absolute atomic E-state index is 0.437. The van der Waals surface area contributed by atoms with Gasteiger partial charge >= 0.3 is 0 Å². The van der Waals surface area contributed by atoms with Crippen LogP contribution in [0.3, 0.4) is 0 Å². The smallest absolute Gasteiger partial charge is 0.153 e. The van der Waals surface area contributed by atoms with Crippen LogP contribution in [0.5, 0.6) is 17.2 Å². The Hall–Kier alpha value is -2.00. The molecule has 0 saturated carbocycles. The first kappa shape index (κ1) is 12.5. The summed E-state index contributed by atoms with van der Waals surface area (Å²) in [4.78, 5) is 10.9. The number of halogens is 1. The zero-order valence-electron chi connectivity index (χ0n) is 9.72. The standard InChI is InChI=1S/C14H11ClO3/c1-17-12-6-5-10(9-16)14(8-12)18-13-4-2-3-11(15)7-13/h2-9H,1H3. The van der Waals surface area contributed by atoms with Crippen LogP contribution < -0.4 is 9.47 Å². The molecule has 0 saturated heterocycles. The minimum atomic E-state index is 0.437. The van der Waals surface area contributed by atoms with Crippen LogP contribution in [0.4, 0.5) is 0 Å². The average Bonchev–Trinajstić information content (AvgIpc) is 2.38. The molecule has 0 aliphatic rings. The second kappa shape index (κ2) is 5.56. The maximum atomic E-state index is 10.9. The van der Waals surface area contributed by atoms with E-state index < -0.39 is 0 Å². The van der Waals surface area contributed by atoms with Crippen LogP contribution in [0.1, 0.15) is 10.4 Å². The molecule has 0 spiro atoms. The third kappa shape index (κ3) is 2.81. The first-order valence-corrected chi connectivity index (χ1v) is 5.67. The van der Waals surface area contributed by atoms with Crippen molar-refractivity contribution in [1.29, 1.82) is 0 Å². The summed E-state index contributed by atoms with van der Waals surface area (Å²) < 4.78 is 10.7. The Morgan fingerprint density at radius 2 is 1.94 bits per heavy atom. The van der Waals surface area contributed by atoms with E-state index >= 15 is 0 Å². The van der Waals surface area contributed by atoms with Gasteiger partial charge in [0.15, 0.2) is 6.29 Å². The summed E-state index contributed by atoms with van der Waals surface area (Å²) in [7, 11) is 1.55. The highest BCUT2D eigenvalue weighted by atomic mass is 35.5. The Kier molecular flexibility index (Phi) is 3.85. The van der Waals surface area contributed by atoms with E-state index in [9.17, 15) is 4.79 Å². The van der Waals surface area contributed by atoms with Crippen molar-refractivity contribution >= 4 is 17.9 Å². The van der Waals surface area contributed by atoms with Crippen molar-refractivity contribution in [3.8, 4) is 17.2 Å².